The molecule has 1 saturated heterocycles. The van der Waals surface area contributed by atoms with E-state index in [0.29, 0.717) is 35.6 Å². The summed E-state index contributed by atoms with van der Waals surface area (Å²) in [7, 11) is 2.05. The number of allylic oxidation sites excluding steroid dienone is 2. The lowest BCUT2D eigenvalue weighted by atomic mass is 9.98. The van der Waals surface area contributed by atoms with Crippen molar-refractivity contribution in [3.05, 3.63) is 130 Å². The lowest BCUT2D eigenvalue weighted by Gasteiger charge is -2.39. The van der Waals surface area contributed by atoms with Crippen molar-refractivity contribution in [2.75, 3.05) is 31.6 Å². The highest BCUT2D eigenvalue weighted by Crippen LogP contribution is 2.35. The van der Waals surface area contributed by atoms with Crippen LogP contribution in [0.1, 0.15) is 66.1 Å². The van der Waals surface area contributed by atoms with E-state index in [1.54, 1.807) is 29.3 Å². The number of carbonyl (C=O) groups is 2. The highest BCUT2D eigenvalue weighted by Gasteiger charge is 2.34. The Kier molecular flexibility index (Phi) is 11.2. The van der Waals surface area contributed by atoms with Crippen LogP contribution in [-0.2, 0) is 23.9 Å². The maximum atomic E-state index is 14.8. The van der Waals surface area contributed by atoms with Crippen LogP contribution in [0.15, 0.2) is 96.3 Å². The molecular formula is C41H41F5N4O2. The number of ketones is 1. The molecule has 1 fully saturated rings. The van der Waals surface area contributed by atoms with E-state index in [1.807, 2.05) is 43.1 Å². The van der Waals surface area contributed by atoms with Crippen molar-refractivity contribution in [1.82, 2.24) is 14.8 Å². The second-order valence-electron chi connectivity index (χ2n) is 13.5. The summed E-state index contributed by atoms with van der Waals surface area (Å²) in [5, 5.41) is 0. The number of alkyl halides is 3. The smallest absolute Gasteiger partial charge is 0.334 e. The molecule has 0 bridgehead atoms. The number of piperidine rings is 1. The number of aryl methyl sites for hydroxylation is 1. The average Bonchev–Trinajstić information content (AvgIpc) is 3.25. The lowest BCUT2D eigenvalue weighted by molar-refractivity contribution is -0.137. The highest BCUT2D eigenvalue weighted by molar-refractivity contribution is 6.03. The summed E-state index contributed by atoms with van der Waals surface area (Å²) in [6.07, 6.45) is -0.228. The largest absolute Gasteiger partial charge is 0.416 e. The molecule has 6 nitrogen and oxygen atoms in total. The fraction of sp³-hybridized carbons (Fsp3) is 0.341. The molecule has 0 N–H and O–H groups in total. The zero-order valence-corrected chi connectivity index (χ0v) is 29.2. The molecule has 0 aliphatic carbocycles. The number of halogens is 5. The molecule has 52 heavy (non-hydrogen) atoms. The summed E-state index contributed by atoms with van der Waals surface area (Å²) >= 11 is 0. The second-order valence-corrected chi connectivity index (χ2v) is 13.5. The molecule has 0 radical (unpaired) electrons. The topological polar surface area (TPSA) is 56.8 Å². The number of rotatable bonds is 10. The minimum Gasteiger partial charge on any atom is -0.334 e. The Hall–Kier alpha value is -4.90. The van der Waals surface area contributed by atoms with E-state index in [4.69, 9.17) is 0 Å². The van der Waals surface area contributed by atoms with Crippen molar-refractivity contribution in [3.63, 3.8) is 0 Å². The molecular weight excluding hydrogens is 675 g/mol. The number of pyridine rings is 1. The van der Waals surface area contributed by atoms with E-state index >= 15 is 0 Å². The number of hydrogen-bond donors (Lipinski definition) is 0. The fourth-order valence-corrected chi connectivity index (χ4v) is 7.15. The van der Waals surface area contributed by atoms with Crippen molar-refractivity contribution in [1.29, 1.82) is 0 Å². The van der Waals surface area contributed by atoms with E-state index in [0.717, 1.165) is 60.8 Å². The molecule has 272 valence electrons. The first-order valence-electron chi connectivity index (χ1n) is 17.6. The van der Waals surface area contributed by atoms with Crippen molar-refractivity contribution < 1.29 is 31.5 Å². The van der Waals surface area contributed by atoms with Gasteiger partial charge in [-0.05, 0) is 110 Å². The first-order valence-corrected chi connectivity index (χ1v) is 17.6. The van der Waals surface area contributed by atoms with E-state index in [-0.39, 0.29) is 49.1 Å². The van der Waals surface area contributed by atoms with Crippen LogP contribution in [0, 0.1) is 11.6 Å². The van der Waals surface area contributed by atoms with Crippen LogP contribution in [0.5, 0.6) is 0 Å². The van der Waals surface area contributed by atoms with Crippen LogP contribution in [0.4, 0.5) is 27.8 Å². The minimum atomic E-state index is -4.42. The number of anilines is 1. The minimum absolute atomic E-state index is 0.0606. The molecule has 2 aliphatic rings. The maximum Gasteiger partial charge on any atom is 0.416 e. The number of carbonyl (C=O) groups excluding carboxylic acids is 2. The number of amides is 1. The van der Waals surface area contributed by atoms with Gasteiger partial charge in [-0.25, -0.2) is 13.8 Å². The van der Waals surface area contributed by atoms with Gasteiger partial charge in [-0.3, -0.25) is 9.59 Å². The van der Waals surface area contributed by atoms with Gasteiger partial charge in [0.25, 0.3) is 0 Å². The van der Waals surface area contributed by atoms with Gasteiger partial charge in [-0.2, -0.15) is 13.2 Å². The van der Waals surface area contributed by atoms with E-state index in [1.165, 1.54) is 18.2 Å². The SMILES string of the molecule is CCC1=C(CCc2cccc(F)c2F)N(CC(=O)N(Cc2ccc(-c3ccc(C(F)(F)F)cc3)cc2)C2CCN(C)CC2)c2ncccc2C(=O)C1. The van der Waals surface area contributed by atoms with E-state index < -0.39 is 23.4 Å². The molecule has 0 unspecified atom stereocenters. The van der Waals surface area contributed by atoms with Crippen LogP contribution in [0.2, 0.25) is 0 Å². The second kappa shape index (κ2) is 15.8. The van der Waals surface area contributed by atoms with Gasteiger partial charge in [-0.15, -0.1) is 0 Å². The zero-order chi connectivity index (χ0) is 37.0. The molecule has 11 heteroatoms. The van der Waals surface area contributed by atoms with Gasteiger partial charge in [0.15, 0.2) is 17.4 Å². The third-order valence-corrected chi connectivity index (χ3v) is 10.1. The molecule has 1 aromatic heterocycles. The van der Waals surface area contributed by atoms with Gasteiger partial charge < -0.3 is 14.7 Å². The van der Waals surface area contributed by atoms with Gasteiger partial charge in [0.05, 0.1) is 11.1 Å². The number of aromatic nitrogens is 1. The number of benzene rings is 3. The summed E-state index contributed by atoms with van der Waals surface area (Å²) in [5.74, 6) is -1.77. The van der Waals surface area contributed by atoms with E-state index in [9.17, 15) is 31.5 Å². The monoisotopic (exact) mass is 716 g/mol. The third-order valence-electron chi connectivity index (χ3n) is 10.1. The predicted octanol–water partition coefficient (Wildman–Crippen LogP) is 8.86. The van der Waals surface area contributed by atoms with Gasteiger partial charge >= 0.3 is 6.18 Å². The molecule has 0 atom stereocenters. The molecule has 0 spiro atoms. The highest BCUT2D eigenvalue weighted by atomic mass is 19.4. The fourth-order valence-electron chi connectivity index (χ4n) is 7.15. The number of likely N-dealkylation sites (tertiary alicyclic amines) is 1. The van der Waals surface area contributed by atoms with Crippen LogP contribution in [0.3, 0.4) is 0 Å². The molecule has 3 heterocycles. The first-order chi connectivity index (χ1) is 24.9. The van der Waals surface area contributed by atoms with Gasteiger partial charge in [-0.1, -0.05) is 55.5 Å². The number of Topliss-reactive ketones (excluding diaryl/α,β-unsaturated/α-hetero) is 1. The summed E-state index contributed by atoms with van der Waals surface area (Å²) < 4.78 is 68.2. The Morgan fingerprint density at radius 3 is 2.23 bits per heavy atom. The first kappa shape index (κ1) is 36.9. The zero-order valence-electron chi connectivity index (χ0n) is 29.2. The molecule has 0 saturated carbocycles. The van der Waals surface area contributed by atoms with Gasteiger partial charge in [0.2, 0.25) is 5.91 Å². The number of hydrogen-bond acceptors (Lipinski definition) is 5. The van der Waals surface area contributed by atoms with Crippen LogP contribution in [0.25, 0.3) is 11.1 Å². The Labute approximate surface area is 300 Å². The summed E-state index contributed by atoms with van der Waals surface area (Å²) in [6, 6.07) is 19.9. The quantitative estimate of drug-likeness (QED) is 0.154. The molecule has 1 amide bonds. The Bertz CT molecular complexity index is 1930. The summed E-state index contributed by atoms with van der Waals surface area (Å²) in [4.78, 5) is 38.6. The molecule has 2 aliphatic heterocycles. The summed E-state index contributed by atoms with van der Waals surface area (Å²) in [6.45, 7) is 3.75. The van der Waals surface area contributed by atoms with Crippen molar-refractivity contribution in [2.45, 2.75) is 64.2 Å². The maximum absolute atomic E-state index is 14.8. The van der Waals surface area contributed by atoms with Crippen LogP contribution >= 0.6 is 0 Å². The number of fused-ring (bicyclic) bond motifs is 1. The molecule has 4 aromatic rings. The standard InChI is InChI=1S/C41H41F5N4O2/c1-3-28-24-37(51)34-7-5-21-47-40(34)50(36(28)18-15-31-6-4-8-35(42)39(31)43)26-38(52)49(33-19-22-48(2)23-20-33)25-27-9-11-29(12-10-27)30-13-16-32(17-14-30)41(44,45)46/h4-14,16-17,21,33H,3,15,18-20,22-26H2,1-2H3. The lowest BCUT2D eigenvalue weighted by Crippen LogP contribution is -2.49. The van der Waals surface area contributed by atoms with Crippen molar-refractivity contribution in [3.8, 4) is 11.1 Å². The van der Waals surface area contributed by atoms with Gasteiger partial charge in [0, 0.05) is 30.9 Å². The summed E-state index contributed by atoms with van der Waals surface area (Å²) in [5.41, 5.74) is 3.68. The molecule has 3 aromatic carbocycles. The van der Waals surface area contributed by atoms with E-state index in [2.05, 4.69) is 9.88 Å². The normalized spacial score (nSPS) is 15.8. The predicted molar refractivity (Wildman–Crippen MR) is 190 cm³/mol. The Morgan fingerprint density at radius 1 is 0.904 bits per heavy atom. The number of nitrogens with zero attached hydrogens (tertiary/aromatic N) is 4. The van der Waals surface area contributed by atoms with Crippen molar-refractivity contribution >= 4 is 17.5 Å². The Balaban J connectivity index is 1.31. The third kappa shape index (κ3) is 8.25. The van der Waals surface area contributed by atoms with Crippen LogP contribution in [-0.4, -0.2) is 59.2 Å². The molecule has 6 rings (SSSR count). The van der Waals surface area contributed by atoms with Crippen molar-refractivity contribution in [2.24, 2.45) is 0 Å². The van der Waals surface area contributed by atoms with Crippen LogP contribution < -0.4 is 4.90 Å². The Morgan fingerprint density at radius 2 is 1.58 bits per heavy atom. The average molecular weight is 717 g/mol. The van der Waals surface area contributed by atoms with Gasteiger partial charge in [0.1, 0.15) is 12.4 Å².